The molecule has 0 aliphatic carbocycles. The molecule has 3 rings (SSSR count). The van der Waals surface area contributed by atoms with Crippen LogP contribution >= 0.6 is 0 Å². The second-order valence-corrected chi connectivity index (χ2v) is 10.0. The van der Waals surface area contributed by atoms with Crippen LogP contribution in [0.15, 0.2) is 46.2 Å². The minimum Gasteiger partial charge on any atom is -0.486 e. The molecule has 2 N–H and O–H groups in total. The second-order valence-electron chi connectivity index (χ2n) is 6.21. The van der Waals surface area contributed by atoms with E-state index in [1.54, 1.807) is 0 Å². The van der Waals surface area contributed by atoms with Gasteiger partial charge in [-0.25, -0.2) is 25.9 Å². The third-order valence-electron chi connectivity index (χ3n) is 4.07. The van der Waals surface area contributed by atoms with Crippen LogP contribution in [0.4, 0.5) is 5.69 Å². The first-order valence-corrected chi connectivity index (χ1v) is 11.2. The van der Waals surface area contributed by atoms with Gasteiger partial charge in [0.05, 0.1) is 21.0 Å². The van der Waals surface area contributed by atoms with Gasteiger partial charge in [0.25, 0.3) is 10.0 Å². The highest BCUT2D eigenvalue weighted by Gasteiger charge is 2.24. The maximum absolute atomic E-state index is 12.7. The Balaban J connectivity index is 1.96. The number of rotatable bonds is 6. The van der Waals surface area contributed by atoms with Crippen LogP contribution in [0.2, 0.25) is 0 Å². The maximum atomic E-state index is 12.7. The number of nitrogens with one attached hydrogen (secondary N) is 1. The molecule has 0 radical (unpaired) electrons. The van der Waals surface area contributed by atoms with Crippen molar-refractivity contribution in [3.63, 3.8) is 0 Å². The lowest BCUT2D eigenvalue weighted by molar-refractivity contribution is 0.0697. The zero-order valence-corrected chi connectivity index (χ0v) is 17.1. The summed E-state index contributed by atoms with van der Waals surface area (Å²) in [5, 5.41) is 9.41. The molecule has 0 amide bonds. The molecular formula is C17H18N2O8S2. The van der Waals surface area contributed by atoms with Crippen LogP contribution in [0, 0.1) is 0 Å². The Bertz CT molecular complexity index is 1160. The standard InChI is InChI=1S/C17H18N2O8S2/c1-19(2)29(24,25)12-5-3-11(4-6-12)28(22,23)18-14-10-16-15(26-7-8-27-16)9-13(14)17(20)21/h3-6,9-10,18H,7-8H2,1-2H3,(H,20,21). The van der Waals surface area contributed by atoms with Crippen molar-refractivity contribution in [2.75, 3.05) is 32.0 Å². The van der Waals surface area contributed by atoms with E-state index in [2.05, 4.69) is 4.72 Å². The summed E-state index contributed by atoms with van der Waals surface area (Å²) in [6.45, 7) is 0.493. The Kier molecular flexibility index (Phi) is 5.43. The van der Waals surface area contributed by atoms with E-state index in [9.17, 15) is 26.7 Å². The van der Waals surface area contributed by atoms with Crippen molar-refractivity contribution in [1.82, 2.24) is 4.31 Å². The van der Waals surface area contributed by atoms with Gasteiger partial charge in [-0.15, -0.1) is 0 Å². The van der Waals surface area contributed by atoms with Gasteiger partial charge in [0.2, 0.25) is 10.0 Å². The lowest BCUT2D eigenvalue weighted by atomic mass is 10.1. The Labute approximate surface area is 167 Å². The zero-order chi connectivity index (χ0) is 21.4. The third kappa shape index (κ3) is 4.13. The molecule has 2 aromatic rings. The van der Waals surface area contributed by atoms with Crippen LogP contribution in [0.25, 0.3) is 0 Å². The molecule has 156 valence electrons. The molecule has 1 aliphatic heterocycles. The predicted molar refractivity (Wildman–Crippen MR) is 103 cm³/mol. The van der Waals surface area contributed by atoms with E-state index in [0.717, 1.165) is 28.6 Å². The van der Waals surface area contributed by atoms with Gasteiger partial charge in [-0.3, -0.25) is 4.72 Å². The predicted octanol–water partition coefficient (Wildman–Crippen LogP) is 1.21. The van der Waals surface area contributed by atoms with Gasteiger partial charge in [0.1, 0.15) is 13.2 Å². The molecule has 0 saturated carbocycles. The third-order valence-corrected chi connectivity index (χ3v) is 7.28. The molecule has 0 saturated heterocycles. The molecular weight excluding hydrogens is 424 g/mol. The van der Waals surface area contributed by atoms with Crippen LogP contribution in [0.1, 0.15) is 10.4 Å². The van der Waals surface area contributed by atoms with Gasteiger partial charge >= 0.3 is 5.97 Å². The summed E-state index contributed by atoms with van der Waals surface area (Å²) >= 11 is 0. The molecule has 0 spiro atoms. The van der Waals surface area contributed by atoms with E-state index < -0.39 is 26.0 Å². The number of anilines is 1. The quantitative estimate of drug-likeness (QED) is 0.680. The fourth-order valence-electron chi connectivity index (χ4n) is 2.56. The summed E-state index contributed by atoms with van der Waals surface area (Å²) in [6, 6.07) is 6.98. The molecule has 29 heavy (non-hydrogen) atoms. The molecule has 1 heterocycles. The topological polar surface area (TPSA) is 139 Å². The molecule has 0 atom stereocenters. The molecule has 2 aromatic carbocycles. The van der Waals surface area contributed by atoms with Crippen molar-refractivity contribution in [3.8, 4) is 11.5 Å². The Morgan fingerprint density at radius 2 is 1.48 bits per heavy atom. The van der Waals surface area contributed by atoms with Gasteiger partial charge < -0.3 is 14.6 Å². The number of sulfonamides is 2. The van der Waals surface area contributed by atoms with E-state index in [1.807, 2.05) is 0 Å². The zero-order valence-electron chi connectivity index (χ0n) is 15.4. The number of ether oxygens (including phenoxy) is 2. The summed E-state index contributed by atoms with van der Waals surface area (Å²) < 4.78 is 63.5. The van der Waals surface area contributed by atoms with E-state index in [1.165, 1.54) is 26.2 Å². The van der Waals surface area contributed by atoms with Crippen molar-refractivity contribution in [1.29, 1.82) is 0 Å². The largest absolute Gasteiger partial charge is 0.486 e. The molecule has 0 unspecified atom stereocenters. The highest BCUT2D eigenvalue weighted by atomic mass is 32.2. The highest BCUT2D eigenvalue weighted by molar-refractivity contribution is 7.92. The number of fused-ring (bicyclic) bond motifs is 1. The summed E-state index contributed by atoms with van der Waals surface area (Å²) in [5.41, 5.74) is -0.517. The highest BCUT2D eigenvalue weighted by Crippen LogP contribution is 2.36. The summed E-state index contributed by atoms with van der Waals surface area (Å²) in [5.74, 6) is -0.937. The molecule has 12 heteroatoms. The van der Waals surface area contributed by atoms with Gasteiger partial charge in [0, 0.05) is 26.2 Å². The Morgan fingerprint density at radius 3 is 2.00 bits per heavy atom. The van der Waals surface area contributed by atoms with E-state index in [4.69, 9.17) is 9.47 Å². The first kappa shape index (κ1) is 20.9. The Morgan fingerprint density at radius 1 is 0.966 bits per heavy atom. The number of hydrogen-bond donors (Lipinski definition) is 2. The number of carboxylic acids is 1. The van der Waals surface area contributed by atoms with E-state index in [-0.39, 0.29) is 45.8 Å². The van der Waals surface area contributed by atoms with Crippen LogP contribution in [-0.4, -0.2) is 59.5 Å². The summed E-state index contributed by atoms with van der Waals surface area (Å²) in [4.78, 5) is 11.2. The first-order valence-electron chi connectivity index (χ1n) is 8.25. The maximum Gasteiger partial charge on any atom is 0.337 e. The number of carboxylic acid groups (broad SMARTS) is 1. The molecule has 10 nitrogen and oxygen atoms in total. The van der Waals surface area contributed by atoms with Gasteiger partial charge in [0.15, 0.2) is 11.5 Å². The van der Waals surface area contributed by atoms with E-state index >= 15 is 0 Å². The minimum atomic E-state index is -4.20. The van der Waals surface area contributed by atoms with Crippen molar-refractivity contribution >= 4 is 31.7 Å². The fourth-order valence-corrected chi connectivity index (χ4v) is 4.53. The lowest BCUT2D eigenvalue weighted by Crippen LogP contribution is -2.22. The van der Waals surface area contributed by atoms with Crippen LogP contribution in [0.3, 0.4) is 0 Å². The number of nitrogens with zero attached hydrogens (tertiary/aromatic N) is 1. The van der Waals surface area contributed by atoms with Gasteiger partial charge in [-0.2, -0.15) is 0 Å². The van der Waals surface area contributed by atoms with Crippen molar-refractivity contribution in [3.05, 3.63) is 42.0 Å². The normalized spacial score (nSPS) is 13.9. The monoisotopic (exact) mass is 442 g/mol. The first-order chi connectivity index (χ1) is 13.5. The average molecular weight is 442 g/mol. The van der Waals surface area contributed by atoms with Crippen molar-refractivity contribution in [2.45, 2.75) is 9.79 Å². The number of benzene rings is 2. The fraction of sp³-hybridized carbons (Fsp3) is 0.235. The van der Waals surface area contributed by atoms with Crippen LogP contribution in [0.5, 0.6) is 11.5 Å². The smallest absolute Gasteiger partial charge is 0.337 e. The minimum absolute atomic E-state index is 0.0768. The Hall–Kier alpha value is -2.83. The van der Waals surface area contributed by atoms with Crippen LogP contribution in [-0.2, 0) is 20.0 Å². The number of carbonyl (C=O) groups is 1. The molecule has 0 fully saturated rings. The molecule has 0 bridgehead atoms. The number of hydrogen-bond acceptors (Lipinski definition) is 7. The van der Waals surface area contributed by atoms with Crippen molar-refractivity contribution < 1.29 is 36.2 Å². The van der Waals surface area contributed by atoms with Gasteiger partial charge in [-0.1, -0.05) is 0 Å². The van der Waals surface area contributed by atoms with E-state index in [0.29, 0.717) is 0 Å². The van der Waals surface area contributed by atoms with Gasteiger partial charge in [-0.05, 0) is 24.3 Å². The second kappa shape index (κ2) is 7.54. The average Bonchev–Trinajstić information content (AvgIpc) is 2.67. The molecule has 1 aliphatic rings. The summed E-state index contributed by atoms with van der Waals surface area (Å²) in [6.07, 6.45) is 0. The number of aromatic carboxylic acids is 1. The SMILES string of the molecule is CN(C)S(=O)(=O)c1ccc(S(=O)(=O)Nc2cc3c(cc2C(=O)O)OCCO3)cc1. The van der Waals surface area contributed by atoms with Crippen LogP contribution < -0.4 is 14.2 Å². The van der Waals surface area contributed by atoms with Crippen molar-refractivity contribution in [2.24, 2.45) is 0 Å². The molecule has 0 aromatic heterocycles. The summed E-state index contributed by atoms with van der Waals surface area (Å²) in [7, 11) is -5.20. The lowest BCUT2D eigenvalue weighted by Gasteiger charge is -2.20.